The van der Waals surface area contributed by atoms with Crippen LogP contribution in [0.2, 0.25) is 0 Å². The monoisotopic (exact) mass is 379 g/mol. The molecule has 1 aliphatic heterocycles. The molecule has 0 spiro atoms. The maximum absolute atomic E-state index is 14.4. The molecule has 2 heterocycles. The largest absolute Gasteiger partial charge is 0.366 e. The summed E-state index contributed by atoms with van der Waals surface area (Å²) in [7, 11) is 0. The second-order valence-corrected chi connectivity index (χ2v) is 7.28. The molecule has 2 aromatic carbocycles. The fourth-order valence-electron chi connectivity index (χ4n) is 3.66. The van der Waals surface area contributed by atoms with Gasteiger partial charge in [0.25, 0.3) is 5.91 Å². The first kappa shape index (κ1) is 18.2. The topological polar surface area (TPSA) is 56.4 Å². The van der Waals surface area contributed by atoms with E-state index in [1.165, 1.54) is 13.0 Å². The van der Waals surface area contributed by atoms with E-state index in [0.717, 1.165) is 16.5 Å². The van der Waals surface area contributed by atoms with E-state index < -0.39 is 5.82 Å². The lowest BCUT2D eigenvalue weighted by Crippen LogP contribution is -2.49. The van der Waals surface area contributed by atoms with Gasteiger partial charge in [0.1, 0.15) is 11.5 Å². The fraction of sp³-hybridized carbons (Fsp3) is 0.273. The molecule has 1 aromatic heterocycles. The number of aromatic nitrogens is 1. The number of halogens is 1. The number of ketones is 1. The average Bonchev–Trinajstić information content (AvgIpc) is 3.10. The van der Waals surface area contributed by atoms with E-state index in [2.05, 4.69) is 4.98 Å². The van der Waals surface area contributed by atoms with E-state index in [4.69, 9.17) is 0 Å². The van der Waals surface area contributed by atoms with Gasteiger partial charge in [-0.1, -0.05) is 12.1 Å². The number of H-pyrrole nitrogens is 1. The highest BCUT2D eigenvalue weighted by Crippen LogP contribution is 2.23. The lowest BCUT2D eigenvalue weighted by Gasteiger charge is -2.36. The Hall–Kier alpha value is -3.15. The number of fused-ring (bicyclic) bond motifs is 1. The molecule has 3 aromatic rings. The van der Waals surface area contributed by atoms with E-state index in [1.54, 1.807) is 17.0 Å². The summed E-state index contributed by atoms with van der Waals surface area (Å²) in [6.45, 7) is 5.55. The molecule has 144 valence electrons. The summed E-state index contributed by atoms with van der Waals surface area (Å²) in [5.74, 6) is -0.603. The summed E-state index contributed by atoms with van der Waals surface area (Å²) in [6.07, 6.45) is 0. The van der Waals surface area contributed by atoms with Crippen LogP contribution < -0.4 is 4.90 Å². The summed E-state index contributed by atoms with van der Waals surface area (Å²) in [6, 6.07) is 12.5. The molecular formula is C22H22FN3O2. The van der Waals surface area contributed by atoms with Crippen molar-refractivity contribution in [3.63, 3.8) is 0 Å². The van der Waals surface area contributed by atoms with Gasteiger partial charge >= 0.3 is 0 Å². The van der Waals surface area contributed by atoms with Gasteiger partial charge in [-0.15, -0.1) is 0 Å². The number of hydrogen-bond acceptors (Lipinski definition) is 3. The number of nitrogens with zero attached hydrogens (tertiary/aromatic N) is 2. The number of Topliss-reactive ketones (excluding diaryl/α,β-unsaturated/α-hetero) is 1. The van der Waals surface area contributed by atoms with Crippen molar-refractivity contribution in [1.29, 1.82) is 0 Å². The Morgan fingerprint density at radius 2 is 1.75 bits per heavy atom. The van der Waals surface area contributed by atoms with Crippen LogP contribution in [0, 0.1) is 12.7 Å². The standard InChI is InChI=1S/C22H22FN3O2/c1-14-3-4-17-13-20(24-19(17)11-14)22(28)26-9-7-25(8-10-26)21-6-5-16(15(2)27)12-18(21)23/h3-6,11-13,24H,7-10H2,1-2H3. The highest BCUT2D eigenvalue weighted by atomic mass is 19.1. The molecule has 1 N–H and O–H groups in total. The Kier molecular flexibility index (Phi) is 4.63. The van der Waals surface area contributed by atoms with Gasteiger partial charge in [0.15, 0.2) is 5.78 Å². The van der Waals surface area contributed by atoms with Crippen LogP contribution in [0.15, 0.2) is 42.5 Å². The van der Waals surface area contributed by atoms with Gasteiger partial charge < -0.3 is 14.8 Å². The summed E-state index contributed by atoms with van der Waals surface area (Å²) < 4.78 is 14.4. The Morgan fingerprint density at radius 1 is 1.00 bits per heavy atom. The number of rotatable bonds is 3. The third-order valence-corrected chi connectivity index (χ3v) is 5.27. The number of carbonyl (C=O) groups is 2. The average molecular weight is 379 g/mol. The molecule has 0 radical (unpaired) electrons. The van der Waals surface area contributed by atoms with Gasteiger partial charge in [-0.05, 0) is 49.7 Å². The smallest absolute Gasteiger partial charge is 0.270 e. The zero-order chi connectivity index (χ0) is 19.8. The molecule has 1 aliphatic rings. The quantitative estimate of drug-likeness (QED) is 0.705. The minimum Gasteiger partial charge on any atom is -0.366 e. The highest BCUT2D eigenvalue weighted by molar-refractivity contribution is 5.98. The lowest BCUT2D eigenvalue weighted by molar-refractivity contribution is 0.0741. The van der Waals surface area contributed by atoms with E-state index >= 15 is 0 Å². The van der Waals surface area contributed by atoms with Crippen LogP contribution in [-0.2, 0) is 0 Å². The molecular weight excluding hydrogens is 357 g/mol. The lowest BCUT2D eigenvalue weighted by atomic mass is 10.1. The van der Waals surface area contributed by atoms with Gasteiger partial charge in [-0.2, -0.15) is 0 Å². The summed E-state index contributed by atoms with van der Waals surface area (Å²) >= 11 is 0. The number of amides is 1. The molecule has 0 atom stereocenters. The predicted molar refractivity (Wildman–Crippen MR) is 108 cm³/mol. The molecule has 4 rings (SSSR count). The molecule has 0 aliphatic carbocycles. The molecule has 28 heavy (non-hydrogen) atoms. The molecule has 1 fully saturated rings. The van der Waals surface area contributed by atoms with Gasteiger partial charge in [-0.25, -0.2) is 4.39 Å². The molecule has 0 bridgehead atoms. The molecule has 1 saturated heterocycles. The summed E-state index contributed by atoms with van der Waals surface area (Å²) in [5.41, 5.74) is 3.50. The van der Waals surface area contributed by atoms with Crippen LogP contribution >= 0.6 is 0 Å². The van der Waals surface area contributed by atoms with Crippen molar-refractivity contribution in [2.45, 2.75) is 13.8 Å². The second kappa shape index (κ2) is 7.11. The SMILES string of the molecule is CC(=O)c1ccc(N2CCN(C(=O)c3cc4ccc(C)cc4[nH]3)CC2)c(F)c1. The summed E-state index contributed by atoms with van der Waals surface area (Å²) in [4.78, 5) is 31.1. The van der Waals surface area contributed by atoms with Crippen molar-refractivity contribution < 1.29 is 14.0 Å². The number of anilines is 1. The van der Waals surface area contributed by atoms with Crippen molar-refractivity contribution in [1.82, 2.24) is 9.88 Å². The predicted octanol–water partition coefficient (Wildman–Crippen LogP) is 3.78. The van der Waals surface area contributed by atoms with Crippen LogP contribution in [0.1, 0.15) is 33.3 Å². The minimum absolute atomic E-state index is 0.0408. The van der Waals surface area contributed by atoms with Crippen molar-refractivity contribution in [2.75, 3.05) is 31.1 Å². The van der Waals surface area contributed by atoms with Crippen LogP contribution in [0.5, 0.6) is 0 Å². The highest BCUT2D eigenvalue weighted by Gasteiger charge is 2.25. The van der Waals surface area contributed by atoms with Gasteiger partial charge in [0.2, 0.25) is 0 Å². The number of carbonyl (C=O) groups excluding carboxylic acids is 2. The van der Waals surface area contributed by atoms with Crippen molar-refractivity contribution >= 4 is 28.3 Å². The van der Waals surface area contributed by atoms with Crippen molar-refractivity contribution in [2.24, 2.45) is 0 Å². The fourth-order valence-corrected chi connectivity index (χ4v) is 3.66. The number of benzene rings is 2. The Bertz CT molecular complexity index is 1060. The third-order valence-electron chi connectivity index (χ3n) is 5.27. The van der Waals surface area contributed by atoms with Crippen LogP contribution in [0.25, 0.3) is 10.9 Å². The molecule has 1 amide bonds. The normalized spacial score (nSPS) is 14.5. The first-order chi connectivity index (χ1) is 13.4. The van der Waals surface area contributed by atoms with E-state index in [9.17, 15) is 14.0 Å². The van der Waals surface area contributed by atoms with Gasteiger partial charge in [-0.3, -0.25) is 9.59 Å². The Balaban J connectivity index is 1.46. The maximum atomic E-state index is 14.4. The first-order valence-corrected chi connectivity index (χ1v) is 9.36. The number of piperazine rings is 1. The molecule has 6 heteroatoms. The second-order valence-electron chi connectivity index (χ2n) is 7.28. The zero-order valence-corrected chi connectivity index (χ0v) is 16.0. The maximum Gasteiger partial charge on any atom is 0.270 e. The van der Waals surface area contributed by atoms with E-state index in [1.807, 2.05) is 36.1 Å². The number of nitrogens with one attached hydrogen (secondary N) is 1. The molecule has 5 nitrogen and oxygen atoms in total. The van der Waals surface area contributed by atoms with Crippen LogP contribution in [0.4, 0.5) is 10.1 Å². The number of aromatic amines is 1. The molecule has 0 saturated carbocycles. The first-order valence-electron chi connectivity index (χ1n) is 9.36. The van der Waals surface area contributed by atoms with Gasteiger partial charge in [0.05, 0.1) is 5.69 Å². The Labute approximate surface area is 162 Å². The van der Waals surface area contributed by atoms with Crippen molar-refractivity contribution in [3.05, 3.63) is 65.1 Å². The van der Waals surface area contributed by atoms with Crippen LogP contribution in [-0.4, -0.2) is 47.8 Å². The molecule has 0 unspecified atom stereocenters. The minimum atomic E-state index is -0.404. The van der Waals surface area contributed by atoms with Crippen LogP contribution in [0.3, 0.4) is 0 Å². The summed E-state index contributed by atoms with van der Waals surface area (Å²) in [5, 5.41) is 1.01. The van der Waals surface area contributed by atoms with E-state index in [-0.39, 0.29) is 11.7 Å². The number of aryl methyl sites for hydroxylation is 1. The third kappa shape index (κ3) is 3.38. The van der Waals surface area contributed by atoms with Gasteiger partial charge in [0, 0.05) is 42.6 Å². The zero-order valence-electron chi connectivity index (χ0n) is 16.0. The Morgan fingerprint density at radius 3 is 2.43 bits per heavy atom. The van der Waals surface area contributed by atoms with Crippen molar-refractivity contribution in [3.8, 4) is 0 Å². The van der Waals surface area contributed by atoms with E-state index in [0.29, 0.717) is 43.1 Å². The number of hydrogen-bond donors (Lipinski definition) is 1.